The number of carbonyl (C=O) groups is 1. The molecule has 0 radical (unpaired) electrons. The summed E-state index contributed by atoms with van der Waals surface area (Å²) in [5, 5.41) is 3.25. The second kappa shape index (κ2) is 6.08. The number of hydrogen-bond acceptors (Lipinski definition) is 3. The SMILES string of the molecule is CC(C)NCCC(=O)N1CCOCC1C. The van der Waals surface area contributed by atoms with E-state index in [0.717, 1.165) is 13.1 Å². The summed E-state index contributed by atoms with van der Waals surface area (Å²) in [5.41, 5.74) is 0. The molecule has 88 valence electrons. The minimum atomic E-state index is 0.227. The summed E-state index contributed by atoms with van der Waals surface area (Å²) in [5.74, 6) is 0.235. The number of ether oxygens (including phenoxy) is 1. The smallest absolute Gasteiger partial charge is 0.224 e. The fraction of sp³-hybridized carbons (Fsp3) is 0.909. The Hall–Kier alpha value is -0.610. The number of morpholine rings is 1. The second-order valence-electron chi connectivity index (χ2n) is 4.37. The van der Waals surface area contributed by atoms with Crippen LogP contribution in [-0.4, -0.2) is 49.2 Å². The van der Waals surface area contributed by atoms with Crippen LogP contribution in [0.15, 0.2) is 0 Å². The van der Waals surface area contributed by atoms with Gasteiger partial charge in [0.1, 0.15) is 0 Å². The lowest BCUT2D eigenvalue weighted by Crippen LogP contribution is -2.47. The van der Waals surface area contributed by atoms with Crippen LogP contribution in [0, 0.1) is 0 Å². The maximum Gasteiger partial charge on any atom is 0.224 e. The summed E-state index contributed by atoms with van der Waals surface area (Å²) < 4.78 is 5.30. The third-order valence-electron chi connectivity index (χ3n) is 2.58. The summed E-state index contributed by atoms with van der Waals surface area (Å²) in [6.07, 6.45) is 0.586. The average Bonchev–Trinajstić information content (AvgIpc) is 2.17. The molecule has 1 unspecified atom stereocenters. The van der Waals surface area contributed by atoms with Crippen molar-refractivity contribution in [2.24, 2.45) is 0 Å². The van der Waals surface area contributed by atoms with E-state index in [1.165, 1.54) is 0 Å². The molecule has 4 heteroatoms. The highest BCUT2D eigenvalue weighted by Crippen LogP contribution is 2.07. The maximum absolute atomic E-state index is 11.8. The molecule has 1 N–H and O–H groups in total. The Labute approximate surface area is 92.0 Å². The van der Waals surface area contributed by atoms with E-state index >= 15 is 0 Å². The van der Waals surface area contributed by atoms with Gasteiger partial charge in [0.25, 0.3) is 0 Å². The van der Waals surface area contributed by atoms with Crippen molar-refractivity contribution in [3.8, 4) is 0 Å². The van der Waals surface area contributed by atoms with Crippen LogP contribution in [-0.2, 0) is 9.53 Å². The van der Waals surface area contributed by atoms with E-state index in [9.17, 15) is 4.79 Å². The van der Waals surface area contributed by atoms with Crippen LogP contribution in [0.4, 0.5) is 0 Å². The van der Waals surface area contributed by atoms with Gasteiger partial charge in [0, 0.05) is 25.6 Å². The Morgan fingerprint density at radius 1 is 1.60 bits per heavy atom. The Morgan fingerprint density at radius 2 is 2.33 bits per heavy atom. The quantitative estimate of drug-likeness (QED) is 0.746. The van der Waals surface area contributed by atoms with Crippen molar-refractivity contribution in [3.05, 3.63) is 0 Å². The van der Waals surface area contributed by atoms with Gasteiger partial charge in [-0.05, 0) is 6.92 Å². The zero-order valence-corrected chi connectivity index (χ0v) is 9.95. The number of hydrogen-bond donors (Lipinski definition) is 1. The van der Waals surface area contributed by atoms with Crippen molar-refractivity contribution in [2.75, 3.05) is 26.3 Å². The van der Waals surface area contributed by atoms with Crippen molar-refractivity contribution in [2.45, 2.75) is 39.3 Å². The lowest BCUT2D eigenvalue weighted by atomic mass is 10.2. The Kier molecular flexibility index (Phi) is 5.05. The molecular formula is C11H22N2O2. The molecule has 1 saturated heterocycles. The molecule has 1 aliphatic rings. The van der Waals surface area contributed by atoms with Crippen molar-refractivity contribution < 1.29 is 9.53 Å². The van der Waals surface area contributed by atoms with Crippen LogP contribution < -0.4 is 5.32 Å². The van der Waals surface area contributed by atoms with E-state index < -0.39 is 0 Å². The average molecular weight is 214 g/mol. The molecule has 1 fully saturated rings. The van der Waals surface area contributed by atoms with Gasteiger partial charge in [-0.25, -0.2) is 0 Å². The summed E-state index contributed by atoms with van der Waals surface area (Å²) >= 11 is 0. The van der Waals surface area contributed by atoms with E-state index in [-0.39, 0.29) is 11.9 Å². The molecule has 0 bridgehead atoms. The molecule has 1 amide bonds. The van der Waals surface area contributed by atoms with Gasteiger partial charge < -0.3 is 15.0 Å². The molecule has 0 aliphatic carbocycles. The molecule has 0 spiro atoms. The molecule has 4 nitrogen and oxygen atoms in total. The van der Waals surface area contributed by atoms with Gasteiger partial charge >= 0.3 is 0 Å². The lowest BCUT2D eigenvalue weighted by molar-refractivity contribution is -0.138. The van der Waals surface area contributed by atoms with E-state index in [1.54, 1.807) is 0 Å². The minimum Gasteiger partial charge on any atom is -0.377 e. The van der Waals surface area contributed by atoms with E-state index in [4.69, 9.17) is 4.74 Å². The Bertz CT molecular complexity index is 207. The molecule has 1 rings (SSSR count). The molecule has 0 aromatic carbocycles. The van der Waals surface area contributed by atoms with Crippen LogP contribution >= 0.6 is 0 Å². The fourth-order valence-electron chi connectivity index (χ4n) is 1.71. The van der Waals surface area contributed by atoms with Crippen molar-refractivity contribution in [1.82, 2.24) is 10.2 Å². The van der Waals surface area contributed by atoms with E-state index in [0.29, 0.717) is 25.7 Å². The predicted octanol–water partition coefficient (Wildman–Crippen LogP) is 0.622. The zero-order chi connectivity index (χ0) is 11.3. The number of rotatable bonds is 4. The first-order valence-electron chi connectivity index (χ1n) is 5.72. The molecule has 0 saturated carbocycles. The van der Waals surface area contributed by atoms with Gasteiger partial charge in [0.2, 0.25) is 5.91 Å². The summed E-state index contributed by atoms with van der Waals surface area (Å²) in [6, 6.07) is 0.671. The number of carbonyl (C=O) groups excluding carboxylic acids is 1. The number of amides is 1. The number of nitrogens with one attached hydrogen (secondary N) is 1. The first-order chi connectivity index (χ1) is 7.11. The van der Waals surface area contributed by atoms with Gasteiger partial charge in [-0.1, -0.05) is 13.8 Å². The van der Waals surface area contributed by atoms with Crippen LogP contribution in [0.3, 0.4) is 0 Å². The molecule has 0 aromatic heterocycles. The van der Waals surface area contributed by atoms with Gasteiger partial charge in [-0.2, -0.15) is 0 Å². The highest BCUT2D eigenvalue weighted by molar-refractivity contribution is 5.76. The molecule has 15 heavy (non-hydrogen) atoms. The summed E-state index contributed by atoms with van der Waals surface area (Å²) in [7, 11) is 0. The van der Waals surface area contributed by atoms with Gasteiger partial charge in [-0.15, -0.1) is 0 Å². The summed E-state index contributed by atoms with van der Waals surface area (Å²) in [6.45, 7) is 9.05. The Balaban J connectivity index is 2.26. The van der Waals surface area contributed by atoms with Gasteiger partial charge in [0.05, 0.1) is 19.3 Å². The fourth-order valence-corrected chi connectivity index (χ4v) is 1.71. The van der Waals surface area contributed by atoms with E-state index in [2.05, 4.69) is 19.2 Å². The normalized spacial score (nSPS) is 22.1. The standard InChI is InChI=1S/C11H22N2O2/c1-9(2)12-5-4-11(14)13-6-7-15-8-10(13)3/h9-10,12H,4-8H2,1-3H3. The highest BCUT2D eigenvalue weighted by atomic mass is 16.5. The molecular weight excluding hydrogens is 192 g/mol. The first-order valence-corrected chi connectivity index (χ1v) is 5.72. The van der Waals surface area contributed by atoms with Crippen LogP contribution in [0.5, 0.6) is 0 Å². The molecule has 0 aromatic rings. The van der Waals surface area contributed by atoms with Crippen molar-refractivity contribution in [1.29, 1.82) is 0 Å². The van der Waals surface area contributed by atoms with Gasteiger partial charge in [-0.3, -0.25) is 4.79 Å². The third-order valence-corrected chi connectivity index (χ3v) is 2.58. The van der Waals surface area contributed by atoms with Crippen LogP contribution in [0.25, 0.3) is 0 Å². The monoisotopic (exact) mass is 214 g/mol. The summed E-state index contributed by atoms with van der Waals surface area (Å²) in [4.78, 5) is 13.7. The van der Waals surface area contributed by atoms with Crippen molar-refractivity contribution >= 4 is 5.91 Å². The molecule has 1 aliphatic heterocycles. The Morgan fingerprint density at radius 3 is 2.93 bits per heavy atom. The van der Waals surface area contributed by atoms with Crippen molar-refractivity contribution in [3.63, 3.8) is 0 Å². The minimum absolute atomic E-state index is 0.227. The van der Waals surface area contributed by atoms with Gasteiger partial charge in [0.15, 0.2) is 0 Å². The maximum atomic E-state index is 11.8. The second-order valence-corrected chi connectivity index (χ2v) is 4.37. The molecule has 1 atom stereocenters. The lowest BCUT2D eigenvalue weighted by Gasteiger charge is -2.33. The molecule has 1 heterocycles. The van der Waals surface area contributed by atoms with E-state index in [1.807, 2.05) is 11.8 Å². The highest BCUT2D eigenvalue weighted by Gasteiger charge is 2.22. The largest absolute Gasteiger partial charge is 0.377 e. The number of nitrogens with zero attached hydrogens (tertiary/aromatic N) is 1. The first kappa shape index (κ1) is 12.5. The zero-order valence-electron chi connectivity index (χ0n) is 9.95. The third kappa shape index (κ3) is 4.18. The predicted molar refractivity (Wildman–Crippen MR) is 59.7 cm³/mol. The topological polar surface area (TPSA) is 41.6 Å². The van der Waals surface area contributed by atoms with Crippen LogP contribution in [0.2, 0.25) is 0 Å². The van der Waals surface area contributed by atoms with Crippen LogP contribution in [0.1, 0.15) is 27.2 Å².